The highest BCUT2D eigenvalue weighted by molar-refractivity contribution is 7.14. The Labute approximate surface area is 220 Å². The molecule has 0 spiro atoms. The molecule has 186 valence electrons. The molecule has 7 heteroatoms. The van der Waals surface area contributed by atoms with Gasteiger partial charge in [0.2, 0.25) is 5.91 Å². The van der Waals surface area contributed by atoms with Gasteiger partial charge in [-0.2, -0.15) is 0 Å². The monoisotopic (exact) mass is 508 g/mol. The molecule has 0 aliphatic carbocycles. The van der Waals surface area contributed by atoms with Crippen molar-refractivity contribution >= 4 is 34.0 Å². The van der Waals surface area contributed by atoms with Crippen LogP contribution >= 0.6 is 11.3 Å². The Kier molecular flexibility index (Phi) is 6.32. The Morgan fingerprint density at radius 1 is 0.946 bits per heavy atom. The summed E-state index contributed by atoms with van der Waals surface area (Å²) in [5.41, 5.74) is 8.39. The van der Waals surface area contributed by atoms with Gasteiger partial charge in [0.1, 0.15) is 0 Å². The van der Waals surface area contributed by atoms with Crippen LogP contribution in [0.5, 0.6) is 0 Å². The number of hydrogen-bond donors (Lipinski definition) is 1. The van der Waals surface area contributed by atoms with E-state index >= 15 is 0 Å². The first-order chi connectivity index (χ1) is 18.0. The zero-order chi connectivity index (χ0) is 25.4. The topological polar surface area (TPSA) is 65.5 Å². The third-order valence-electron chi connectivity index (χ3n) is 7.11. The van der Waals surface area contributed by atoms with E-state index in [1.54, 1.807) is 0 Å². The number of benzene rings is 3. The second kappa shape index (κ2) is 9.92. The Morgan fingerprint density at radius 3 is 2.65 bits per heavy atom. The SMILES string of the molecule is Cc1cccc(C(=O)N2CCc3cc(-c4csc(NC(=O)CN5CCc6ccccc6C5)n4)ccc32)c1. The molecule has 2 aliphatic heterocycles. The first-order valence-corrected chi connectivity index (χ1v) is 13.5. The van der Waals surface area contributed by atoms with Crippen molar-refractivity contribution in [2.45, 2.75) is 26.3 Å². The van der Waals surface area contributed by atoms with Crippen molar-refractivity contribution in [2.75, 3.05) is 29.9 Å². The van der Waals surface area contributed by atoms with Crippen LogP contribution < -0.4 is 10.2 Å². The number of carbonyl (C=O) groups is 2. The predicted molar refractivity (Wildman–Crippen MR) is 148 cm³/mol. The van der Waals surface area contributed by atoms with E-state index in [1.807, 2.05) is 53.6 Å². The molecule has 2 amide bonds. The highest BCUT2D eigenvalue weighted by Gasteiger charge is 2.26. The van der Waals surface area contributed by atoms with E-state index in [-0.39, 0.29) is 11.8 Å². The second-order valence-electron chi connectivity index (χ2n) is 9.74. The summed E-state index contributed by atoms with van der Waals surface area (Å²) in [6.07, 6.45) is 1.78. The smallest absolute Gasteiger partial charge is 0.258 e. The third kappa shape index (κ3) is 4.92. The minimum atomic E-state index is -0.0421. The molecule has 1 aromatic heterocycles. The number of carbonyl (C=O) groups excluding carboxylic acids is 2. The number of hydrogen-bond acceptors (Lipinski definition) is 5. The normalized spacial score (nSPS) is 14.8. The molecule has 0 saturated heterocycles. The molecule has 6 nitrogen and oxygen atoms in total. The molecule has 4 aromatic rings. The number of anilines is 2. The number of fused-ring (bicyclic) bond motifs is 2. The van der Waals surface area contributed by atoms with Gasteiger partial charge < -0.3 is 10.2 Å². The van der Waals surface area contributed by atoms with E-state index in [4.69, 9.17) is 0 Å². The third-order valence-corrected chi connectivity index (χ3v) is 7.87. The summed E-state index contributed by atoms with van der Waals surface area (Å²) in [6, 6.07) is 22.3. The summed E-state index contributed by atoms with van der Waals surface area (Å²) in [6.45, 7) is 4.70. The fourth-order valence-corrected chi connectivity index (χ4v) is 5.96. The fourth-order valence-electron chi connectivity index (χ4n) is 5.22. The Balaban J connectivity index is 1.11. The lowest BCUT2D eigenvalue weighted by Gasteiger charge is -2.27. The van der Waals surface area contributed by atoms with Crippen molar-refractivity contribution in [2.24, 2.45) is 0 Å². The van der Waals surface area contributed by atoms with Crippen LogP contribution in [-0.4, -0.2) is 41.3 Å². The van der Waals surface area contributed by atoms with E-state index in [9.17, 15) is 9.59 Å². The lowest BCUT2D eigenvalue weighted by Crippen LogP contribution is -2.37. The maximum atomic E-state index is 13.1. The van der Waals surface area contributed by atoms with Gasteiger partial charge in [0.15, 0.2) is 5.13 Å². The average Bonchev–Trinajstić information content (AvgIpc) is 3.55. The predicted octanol–water partition coefficient (Wildman–Crippen LogP) is 5.32. The summed E-state index contributed by atoms with van der Waals surface area (Å²) in [4.78, 5) is 34.5. The van der Waals surface area contributed by atoms with Crippen molar-refractivity contribution in [3.63, 3.8) is 0 Å². The Hall–Kier alpha value is -3.81. The first kappa shape index (κ1) is 23.6. The molecule has 37 heavy (non-hydrogen) atoms. The summed E-state index contributed by atoms with van der Waals surface area (Å²) >= 11 is 1.43. The van der Waals surface area contributed by atoms with Gasteiger partial charge >= 0.3 is 0 Å². The summed E-state index contributed by atoms with van der Waals surface area (Å²) in [5.74, 6) is -0.00871. The van der Waals surface area contributed by atoms with Crippen LogP contribution in [0.4, 0.5) is 10.8 Å². The molecule has 0 unspecified atom stereocenters. The molecular formula is C30H28N4O2S. The molecule has 2 aliphatic rings. The van der Waals surface area contributed by atoms with Crippen LogP contribution in [0.1, 0.15) is 32.6 Å². The minimum absolute atomic E-state index is 0.0334. The van der Waals surface area contributed by atoms with Crippen LogP contribution in [0.2, 0.25) is 0 Å². The lowest BCUT2D eigenvalue weighted by molar-refractivity contribution is -0.117. The van der Waals surface area contributed by atoms with Crippen molar-refractivity contribution < 1.29 is 9.59 Å². The number of nitrogens with one attached hydrogen (secondary N) is 1. The van der Waals surface area contributed by atoms with Gasteiger partial charge in [-0.05, 0) is 60.7 Å². The number of aromatic nitrogens is 1. The zero-order valence-electron chi connectivity index (χ0n) is 20.7. The zero-order valence-corrected chi connectivity index (χ0v) is 21.6. The van der Waals surface area contributed by atoms with Gasteiger partial charge in [-0.1, -0.05) is 48.0 Å². The van der Waals surface area contributed by atoms with Crippen molar-refractivity contribution in [3.8, 4) is 11.3 Å². The highest BCUT2D eigenvalue weighted by atomic mass is 32.1. The van der Waals surface area contributed by atoms with Crippen LogP contribution in [0.25, 0.3) is 11.3 Å². The highest BCUT2D eigenvalue weighted by Crippen LogP contribution is 2.34. The Bertz CT molecular complexity index is 1490. The molecule has 3 heterocycles. The molecule has 0 bridgehead atoms. The Morgan fingerprint density at radius 2 is 1.78 bits per heavy atom. The first-order valence-electron chi connectivity index (χ1n) is 12.6. The molecular weight excluding hydrogens is 480 g/mol. The van der Waals surface area contributed by atoms with Gasteiger partial charge in [0, 0.05) is 41.8 Å². The number of rotatable bonds is 5. The number of aryl methyl sites for hydroxylation is 1. The molecule has 0 fully saturated rings. The van der Waals surface area contributed by atoms with E-state index in [1.165, 1.54) is 22.5 Å². The lowest BCUT2D eigenvalue weighted by atomic mass is 10.00. The maximum absolute atomic E-state index is 13.1. The van der Waals surface area contributed by atoms with Gasteiger partial charge in [-0.15, -0.1) is 11.3 Å². The van der Waals surface area contributed by atoms with Crippen LogP contribution in [0, 0.1) is 6.92 Å². The van der Waals surface area contributed by atoms with Crippen molar-refractivity contribution in [3.05, 3.63) is 99.9 Å². The average molecular weight is 509 g/mol. The second-order valence-corrected chi connectivity index (χ2v) is 10.6. The van der Waals surface area contributed by atoms with E-state index in [0.717, 1.165) is 54.0 Å². The van der Waals surface area contributed by atoms with Gasteiger partial charge in [0.05, 0.1) is 12.2 Å². The van der Waals surface area contributed by atoms with Gasteiger partial charge in [-0.3, -0.25) is 14.5 Å². The quantitative estimate of drug-likeness (QED) is 0.396. The number of nitrogens with zero attached hydrogens (tertiary/aromatic N) is 3. The summed E-state index contributed by atoms with van der Waals surface area (Å²) in [7, 11) is 0. The van der Waals surface area contributed by atoms with Crippen molar-refractivity contribution in [1.29, 1.82) is 0 Å². The summed E-state index contributed by atoms with van der Waals surface area (Å²) in [5, 5.41) is 5.55. The largest absolute Gasteiger partial charge is 0.308 e. The molecule has 1 N–H and O–H groups in total. The molecule has 6 rings (SSSR count). The molecule has 0 atom stereocenters. The standard InChI is InChI=1S/C30H28N4O2S/c1-20-5-4-8-24(15-20)29(36)34-14-12-23-16-22(9-10-27(23)34)26-19-37-30(31-26)32-28(35)18-33-13-11-21-6-2-3-7-25(21)17-33/h2-10,15-16,19H,11-14,17-18H2,1H3,(H,31,32,35). The molecule has 0 radical (unpaired) electrons. The summed E-state index contributed by atoms with van der Waals surface area (Å²) < 4.78 is 0. The van der Waals surface area contributed by atoms with E-state index < -0.39 is 0 Å². The molecule has 3 aromatic carbocycles. The minimum Gasteiger partial charge on any atom is -0.308 e. The van der Waals surface area contributed by atoms with E-state index in [2.05, 4.69) is 45.5 Å². The van der Waals surface area contributed by atoms with Crippen LogP contribution in [0.3, 0.4) is 0 Å². The fraction of sp³-hybridized carbons (Fsp3) is 0.233. The van der Waals surface area contributed by atoms with Crippen LogP contribution in [-0.2, 0) is 24.2 Å². The van der Waals surface area contributed by atoms with E-state index in [0.29, 0.717) is 23.8 Å². The number of thiazole rings is 1. The van der Waals surface area contributed by atoms with Gasteiger partial charge in [-0.25, -0.2) is 4.98 Å². The van der Waals surface area contributed by atoms with Crippen LogP contribution in [0.15, 0.2) is 72.1 Å². The van der Waals surface area contributed by atoms with Gasteiger partial charge in [0.25, 0.3) is 5.91 Å². The maximum Gasteiger partial charge on any atom is 0.258 e. The number of amides is 2. The molecule has 0 saturated carbocycles. The van der Waals surface area contributed by atoms with Crippen molar-refractivity contribution in [1.82, 2.24) is 9.88 Å².